The van der Waals surface area contributed by atoms with Gasteiger partial charge in [-0.1, -0.05) is 6.07 Å². The minimum atomic E-state index is 0.0576. The molecule has 0 radical (unpaired) electrons. The minimum absolute atomic E-state index is 0.0576. The second-order valence-corrected chi connectivity index (χ2v) is 4.93. The molecule has 104 valence electrons. The third kappa shape index (κ3) is 2.25. The van der Waals surface area contributed by atoms with Crippen molar-refractivity contribution in [3.8, 4) is 17.2 Å². The Bertz CT molecular complexity index is 640. The molecule has 2 aromatic carbocycles. The van der Waals surface area contributed by atoms with Crippen LogP contribution >= 0.6 is 0 Å². The van der Waals surface area contributed by atoms with Crippen molar-refractivity contribution in [2.75, 3.05) is 19.0 Å². The van der Waals surface area contributed by atoms with Crippen LogP contribution in [0.2, 0.25) is 0 Å². The van der Waals surface area contributed by atoms with Crippen molar-refractivity contribution in [1.29, 1.82) is 0 Å². The number of benzene rings is 2. The number of methoxy groups -OCH3 is 1. The number of phenolic OH excluding ortho intramolecular Hbond substituents is 1. The van der Waals surface area contributed by atoms with Gasteiger partial charge in [0.05, 0.1) is 18.8 Å². The van der Waals surface area contributed by atoms with Crippen LogP contribution in [0.1, 0.15) is 17.2 Å². The molecule has 0 saturated carbocycles. The second kappa shape index (κ2) is 4.96. The molecular weight excluding hydrogens is 254 g/mol. The number of ether oxygens (including phenoxy) is 2. The van der Waals surface area contributed by atoms with Gasteiger partial charge in [0.2, 0.25) is 0 Å². The van der Waals surface area contributed by atoms with E-state index in [4.69, 9.17) is 9.47 Å². The Balaban J connectivity index is 1.87. The molecule has 0 saturated heterocycles. The van der Waals surface area contributed by atoms with Gasteiger partial charge < -0.3 is 19.9 Å². The smallest absolute Gasteiger partial charge is 0.142 e. The first kappa shape index (κ1) is 12.7. The maximum Gasteiger partial charge on any atom is 0.142 e. The summed E-state index contributed by atoms with van der Waals surface area (Å²) < 4.78 is 11.0. The van der Waals surface area contributed by atoms with Crippen molar-refractivity contribution < 1.29 is 14.6 Å². The molecule has 0 amide bonds. The van der Waals surface area contributed by atoms with Crippen LogP contribution < -0.4 is 14.8 Å². The zero-order valence-electron chi connectivity index (χ0n) is 11.5. The first-order valence-electron chi connectivity index (χ1n) is 6.54. The van der Waals surface area contributed by atoms with Crippen molar-refractivity contribution >= 4 is 5.69 Å². The Morgan fingerprint density at radius 3 is 2.90 bits per heavy atom. The van der Waals surface area contributed by atoms with E-state index >= 15 is 0 Å². The Labute approximate surface area is 118 Å². The highest BCUT2D eigenvalue weighted by atomic mass is 16.5. The third-order valence-corrected chi connectivity index (χ3v) is 3.46. The van der Waals surface area contributed by atoms with Gasteiger partial charge in [0.25, 0.3) is 0 Å². The van der Waals surface area contributed by atoms with E-state index in [1.807, 2.05) is 31.2 Å². The zero-order chi connectivity index (χ0) is 14.1. The van der Waals surface area contributed by atoms with Crippen LogP contribution in [0.25, 0.3) is 0 Å². The molecule has 2 N–H and O–H groups in total. The number of aromatic hydroxyl groups is 1. The lowest BCUT2D eigenvalue weighted by atomic mass is 10.1. The van der Waals surface area contributed by atoms with Gasteiger partial charge in [-0.2, -0.15) is 0 Å². The average Bonchev–Trinajstić information content (AvgIpc) is 2.83. The zero-order valence-corrected chi connectivity index (χ0v) is 11.5. The standard InChI is InChI=1S/C16H17NO3/c1-10-3-6-13(16(7-10)19-2)17-14-9-20-15-8-11(18)4-5-12(14)15/h3-8,14,17-18H,9H2,1-2H3. The average molecular weight is 271 g/mol. The molecule has 3 rings (SSSR count). The first-order valence-corrected chi connectivity index (χ1v) is 6.54. The van der Waals surface area contributed by atoms with Crippen molar-refractivity contribution in [1.82, 2.24) is 0 Å². The maximum atomic E-state index is 9.46. The summed E-state index contributed by atoms with van der Waals surface area (Å²) >= 11 is 0. The van der Waals surface area contributed by atoms with Gasteiger partial charge >= 0.3 is 0 Å². The van der Waals surface area contributed by atoms with Gasteiger partial charge in [-0.15, -0.1) is 0 Å². The first-order chi connectivity index (χ1) is 9.67. The lowest BCUT2D eigenvalue weighted by Crippen LogP contribution is -2.12. The Hall–Kier alpha value is -2.36. The molecule has 4 heteroatoms. The highest BCUT2D eigenvalue weighted by Crippen LogP contribution is 2.38. The monoisotopic (exact) mass is 271 g/mol. The van der Waals surface area contributed by atoms with Gasteiger partial charge in [-0.05, 0) is 36.8 Å². The molecule has 2 aromatic rings. The highest BCUT2D eigenvalue weighted by molar-refractivity contribution is 5.60. The largest absolute Gasteiger partial charge is 0.508 e. The summed E-state index contributed by atoms with van der Waals surface area (Å²) in [5, 5.41) is 12.9. The van der Waals surface area contributed by atoms with Gasteiger partial charge in [0.15, 0.2) is 0 Å². The van der Waals surface area contributed by atoms with E-state index in [1.165, 1.54) is 0 Å². The number of fused-ring (bicyclic) bond motifs is 1. The van der Waals surface area contributed by atoms with E-state index < -0.39 is 0 Å². The van der Waals surface area contributed by atoms with Crippen LogP contribution in [0, 0.1) is 6.92 Å². The lowest BCUT2D eigenvalue weighted by molar-refractivity contribution is 0.337. The van der Waals surface area contributed by atoms with Crippen LogP contribution in [0.4, 0.5) is 5.69 Å². The minimum Gasteiger partial charge on any atom is -0.508 e. The fourth-order valence-corrected chi connectivity index (χ4v) is 2.42. The topological polar surface area (TPSA) is 50.7 Å². The quantitative estimate of drug-likeness (QED) is 0.899. The normalized spacial score (nSPS) is 16.4. The number of anilines is 1. The molecule has 1 aliphatic heterocycles. The summed E-state index contributed by atoms with van der Waals surface area (Å²) in [7, 11) is 1.66. The molecule has 1 heterocycles. The number of hydrogen-bond donors (Lipinski definition) is 2. The van der Waals surface area contributed by atoms with Crippen molar-refractivity contribution in [3.63, 3.8) is 0 Å². The van der Waals surface area contributed by atoms with Crippen molar-refractivity contribution in [2.45, 2.75) is 13.0 Å². The number of phenols is 1. The summed E-state index contributed by atoms with van der Waals surface area (Å²) in [4.78, 5) is 0. The fraction of sp³-hybridized carbons (Fsp3) is 0.250. The van der Waals surface area contributed by atoms with Crippen LogP contribution in [0.5, 0.6) is 17.2 Å². The number of nitrogens with one attached hydrogen (secondary N) is 1. The van der Waals surface area contributed by atoms with E-state index in [9.17, 15) is 5.11 Å². The third-order valence-electron chi connectivity index (χ3n) is 3.46. The maximum absolute atomic E-state index is 9.46. The second-order valence-electron chi connectivity index (χ2n) is 4.93. The number of hydrogen-bond acceptors (Lipinski definition) is 4. The van der Waals surface area contributed by atoms with E-state index in [1.54, 1.807) is 19.2 Å². The van der Waals surface area contributed by atoms with Crippen LogP contribution in [0.3, 0.4) is 0 Å². The molecule has 0 aromatic heterocycles. The summed E-state index contributed by atoms with van der Waals surface area (Å²) in [5.41, 5.74) is 3.14. The molecule has 1 aliphatic rings. The van der Waals surface area contributed by atoms with E-state index in [0.29, 0.717) is 6.61 Å². The Kier molecular flexibility index (Phi) is 3.14. The van der Waals surface area contributed by atoms with Crippen LogP contribution in [-0.4, -0.2) is 18.8 Å². The Morgan fingerprint density at radius 1 is 1.25 bits per heavy atom. The molecule has 0 fully saturated rings. The molecule has 0 aliphatic carbocycles. The molecule has 20 heavy (non-hydrogen) atoms. The summed E-state index contributed by atoms with van der Waals surface area (Å²) in [6.07, 6.45) is 0. The van der Waals surface area contributed by atoms with E-state index in [2.05, 4.69) is 5.32 Å². The number of aryl methyl sites for hydroxylation is 1. The van der Waals surface area contributed by atoms with Gasteiger partial charge in [0.1, 0.15) is 23.9 Å². The Morgan fingerprint density at radius 2 is 2.10 bits per heavy atom. The highest BCUT2D eigenvalue weighted by Gasteiger charge is 2.25. The SMILES string of the molecule is COc1cc(C)ccc1NC1COc2cc(O)ccc21. The molecule has 4 nitrogen and oxygen atoms in total. The number of rotatable bonds is 3. The van der Waals surface area contributed by atoms with Crippen molar-refractivity contribution in [2.24, 2.45) is 0 Å². The molecule has 0 bridgehead atoms. The molecule has 1 unspecified atom stereocenters. The summed E-state index contributed by atoms with van der Waals surface area (Å²) in [6.45, 7) is 2.57. The van der Waals surface area contributed by atoms with Gasteiger partial charge in [0, 0.05) is 11.6 Å². The molecular formula is C16H17NO3. The van der Waals surface area contributed by atoms with Crippen molar-refractivity contribution in [3.05, 3.63) is 47.5 Å². The van der Waals surface area contributed by atoms with E-state index in [0.717, 1.165) is 28.3 Å². The lowest BCUT2D eigenvalue weighted by Gasteiger charge is -2.16. The predicted molar refractivity (Wildman–Crippen MR) is 77.7 cm³/mol. The van der Waals surface area contributed by atoms with E-state index in [-0.39, 0.29) is 11.8 Å². The van der Waals surface area contributed by atoms with Gasteiger partial charge in [-0.25, -0.2) is 0 Å². The summed E-state index contributed by atoms with van der Waals surface area (Å²) in [5.74, 6) is 1.77. The molecule has 0 spiro atoms. The fourth-order valence-electron chi connectivity index (χ4n) is 2.42. The predicted octanol–water partition coefficient (Wildman–Crippen LogP) is 3.25. The summed E-state index contributed by atoms with van der Waals surface area (Å²) in [6, 6.07) is 11.3. The van der Waals surface area contributed by atoms with Crippen LogP contribution in [0.15, 0.2) is 36.4 Å². The molecule has 1 atom stereocenters. The van der Waals surface area contributed by atoms with Gasteiger partial charge in [-0.3, -0.25) is 0 Å². The van der Waals surface area contributed by atoms with Crippen LogP contribution in [-0.2, 0) is 0 Å².